The van der Waals surface area contributed by atoms with Gasteiger partial charge in [0.25, 0.3) is 0 Å². The molecule has 0 unspecified atom stereocenters. The van der Waals surface area contributed by atoms with Crippen LogP contribution in [0.2, 0.25) is 5.02 Å². The second-order valence-corrected chi connectivity index (χ2v) is 8.66. The van der Waals surface area contributed by atoms with Crippen LogP contribution >= 0.6 is 34.7 Å². The summed E-state index contributed by atoms with van der Waals surface area (Å²) in [7, 11) is 3.38. The topological polar surface area (TPSA) is 88.1 Å². The number of benzene rings is 1. The van der Waals surface area contributed by atoms with Gasteiger partial charge < -0.3 is 4.90 Å². The van der Waals surface area contributed by atoms with Crippen LogP contribution in [0.1, 0.15) is 11.4 Å². The summed E-state index contributed by atoms with van der Waals surface area (Å²) in [6, 6.07) is 7.45. The van der Waals surface area contributed by atoms with Crippen LogP contribution in [0, 0.1) is 13.8 Å². The van der Waals surface area contributed by atoms with Gasteiger partial charge in [0, 0.05) is 30.5 Å². The largest absolute Gasteiger partial charge is 0.351 e. The lowest BCUT2D eigenvalue weighted by atomic mass is 10.3. The smallest absolute Gasteiger partial charge is 0.237 e. The predicted octanol–water partition coefficient (Wildman–Crippen LogP) is 3.79. The molecule has 3 aromatic rings. The van der Waals surface area contributed by atoms with E-state index >= 15 is 0 Å². The van der Waals surface area contributed by atoms with Crippen LogP contribution in [0.5, 0.6) is 0 Å². The lowest BCUT2D eigenvalue weighted by Gasteiger charge is -2.04. The van der Waals surface area contributed by atoms with Gasteiger partial charge in [0.1, 0.15) is 0 Å². The Labute approximate surface area is 176 Å². The van der Waals surface area contributed by atoms with Gasteiger partial charge in [0.05, 0.1) is 16.0 Å². The highest BCUT2D eigenvalue weighted by molar-refractivity contribution is 8.01. The van der Waals surface area contributed by atoms with Gasteiger partial charge in [-0.3, -0.25) is 14.9 Å². The first-order valence-electron chi connectivity index (χ1n) is 8.19. The number of amides is 2. The molecule has 2 amide bonds. The molecule has 0 saturated heterocycles. The van der Waals surface area contributed by atoms with Crippen molar-refractivity contribution in [3.05, 3.63) is 40.7 Å². The second-order valence-electron chi connectivity index (χ2n) is 5.97. The number of thiazole rings is 1. The lowest BCUT2D eigenvalue weighted by molar-refractivity contribution is -0.116. The maximum Gasteiger partial charge on any atom is 0.237 e. The van der Waals surface area contributed by atoms with Crippen LogP contribution in [0.15, 0.2) is 28.6 Å². The van der Waals surface area contributed by atoms with E-state index in [1.807, 2.05) is 38.1 Å². The van der Waals surface area contributed by atoms with E-state index in [-0.39, 0.29) is 11.7 Å². The van der Waals surface area contributed by atoms with Crippen molar-refractivity contribution >= 4 is 63.2 Å². The summed E-state index contributed by atoms with van der Waals surface area (Å²) < 4.78 is 1.88. The number of thioether (sulfide) groups is 1. The van der Waals surface area contributed by atoms with E-state index in [4.69, 9.17) is 11.6 Å². The molecule has 10 heteroatoms. The number of aromatic nitrogens is 3. The first-order chi connectivity index (χ1) is 13.3. The Kier molecular flexibility index (Phi) is 8.16. The number of hydrogen-bond acceptors (Lipinski definition) is 7. The Bertz CT molecular complexity index is 958. The zero-order valence-electron chi connectivity index (χ0n) is 15.9. The van der Waals surface area contributed by atoms with Gasteiger partial charge in [-0.15, -0.1) is 11.3 Å². The normalized spacial score (nSPS) is 10.2. The van der Waals surface area contributed by atoms with Gasteiger partial charge in [-0.25, -0.2) is 15.0 Å². The van der Waals surface area contributed by atoms with E-state index in [1.165, 1.54) is 16.7 Å². The van der Waals surface area contributed by atoms with Crippen molar-refractivity contribution in [1.29, 1.82) is 0 Å². The summed E-state index contributed by atoms with van der Waals surface area (Å²) in [5.41, 5.74) is 2.50. The molecule has 3 rings (SSSR count). The molecule has 0 aliphatic carbocycles. The van der Waals surface area contributed by atoms with Crippen molar-refractivity contribution in [3.8, 4) is 0 Å². The van der Waals surface area contributed by atoms with Crippen molar-refractivity contribution in [2.24, 2.45) is 0 Å². The molecular weight excluding hydrogens is 418 g/mol. The highest BCUT2D eigenvalue weighted by Crippen LogP contribution is 2.30. The van der Waals surface area contributed by atoms with Crippen molar-refractivity contribution < 1.29 is 9.59 Å². The average Bonchev–Trinajstić information content (AvgIpc) is 3.01. The number of nitrogens with one attached hydrogen (secondary N) is 1. The van der Waals surface area contributed by atoms with E-state index in [0.717, 1.165) is 32.4 Å². The average molecular weight is 438 g/mol. The number of carbonyl (C=O) groups excluding carboxylic acids is 2. The molecule has 2 heterocycles. The monoisotopic (exact) mass is 437 g/mol. The van der Waals surface area contributed by atoms with E-state index in [1.54, 1.807) is 25.4 Å². The molecule has 2 aromatic heterocycles. The van der Waals surface area contributed by atoms with E-state index in [9.17, 15) is 9.59 Å². The fourth-order valence-corrected chi connectivity index (χ4v) is 4.03. The molecule has 0 aliphatic rings. The fraction of sp³-hybridized carbons (Fsp3) is 0.278. The van der Waals surface area contributed by atoms with Gasteiger partial charge in [-0.2, -0.15) is 0 Å². The fourth-order valence-electron chi connectivity index (χ4n) is 2.01. The van der Waals surface area contributed by atoms with Gasteiger partial charge in [-0.05, 0) is 38.1 Å². The number of hydrogen-bond donors (Lipinski definition) is 1. The first-order valence-corrected chi connectivity index (χ1v) is 10.4. The molecule has 1 aromatic carbocycles. The number of rotatable bonds is 5. The van der Waals surface area contributed by atoms with Crippen LogP contribution in [0.25, 0.3) is 10.2 Å². The van der Waals surface area contributed by atoms with Crippen molar-refractivity contribution in [2.75, 3.05) is 25.2 Å². The molecule has 0 radical (unpaired) electrons. The van der Waals surface area contributed by atoms with Crippen molar-refractivity contribution in [3.63, 3.8) is 0 Å². The number of aryl methyl sites for hydroxylation is 2. The van der Waals surface area contributed by atoms with Crippen LogP contribution < -0.4 is 5.32 Å². The van der Waals surface area contributed by atoms with Crippen LogP contribution in [-0.4, -0.2) is 52.0 Å². The molecule has 0 bridgehead atoms. The molecule has 1 N–H and O–H groups in total. The maximum atomic E-state index is 12.0. The van der Waals surface area contributed by atoms with E-state index in [2.05, 4.69) is 20.3 Å². The number of nitrogens with zero attached hydrogens (tertiary/aromatic N) is 4. The maximum absolute atomic E-state index is 12.0. The van der Waals surface area contributed by atoms with Crippen molar-refractivity contribution in [1.82, 2.24) is 19.9 Å². The Morgan fingerprint density at radius 3 is 2.46 bits per heavy atom. The second kappa shape index (κ2) is 10.4. The summed E-state index contributed by atoms with van der Waals surface area (Å²) >= 11 is 8.88. The molecule has 0 aliphatic heterocycles. The Hall–Kier alpha value is -2.23. The summed E-state index contributed by atoms with van der Waals surface area (Å²) in [5.74, 6) is 0.436. The first kappa shape index (κ1) is 22.1. The molecular formula is C18H20ClN5O2S2. The number of halogens is 1. The number of anilines is 1. The SMILES string of the molecule is CN(C)C=O.Cc1cc(C)nc(NC(=O)CSc2nc3cc(Cl)ccc3s2)n1. The predicted molar refractivity (Wildman–Crippen MR) is 115 cm³/mol. The third-order valence-corrected chi connectivity index (χ3v) is 5.52. The molecule has 0 atom stereocenters. The summed E-state index contributed by atoms with van der Waals surface area (Å²) in [5, 5.41) is 3.37. The molecule has 148 valence electrons. The minimum absolute atomic E-state index is 0.155. The third-order valence-electron chi connectivity index (χ3n) is 3.10. The number of carbonyl (C=O) groups is 2. The Morgan fingerprint density at radius 1 is 1.21 bits per heavy atom. The standard InChI is InChI=1S/C15H13ClN4OS2.C3H7NO/c1-8-5-9(2)18-14(17-8)20-13(21)7-22-15-19-11-6-10(16)3-4-12(11)23-15;1-4(2)3-5/h3-6H,7H2,1-2H3,(H,17,18,20,21);3H,1-2H3. The Morgan fingerprint density at radius 2 is 1.86 bits per heavy atom. The third kappa shape index (κ3) is 7.06. The molecule has 0 saturated carbocycles. The minimum Gasteiger partial charge on any atom is -0.351 e. The molecule has 28 heavy (non-hydrogen) atoms. The van der Waals surface area contributed by atoms with Gasteiger partial charge >= 0.3 is 0 Å². The zero-order valence-corrected chi connectivity index (χ0v) is 18.3. The molecule has 0 fully saturated rings. The molecule has 0 spiro atoms. The van der Waals surface area contributed by atoms with Crippen LogP contribution in [0.3, 0.4) is 0 Å². The highest BCUT2D eigenvalue weighted by Gasteiger charge is 2.10. The minimum atomic E-state index is -0.155. The van der Waals surface area contributed by atoms with E-state index in [0.29, 0.717) is 11.0 Å². The summed E-state index contributed by atoms with van der Waals surface area (Å²) in [4.78, 5) is 35.7. The lowest BCUT2D eigenvalue weighted by Crippen LogP contribution is -2.16. The number of fused-ring (bicyclic) bond motifs is 1. The van der Waals surface area contributed by atoms with Crippen LogP contribution in [0.4, 0.5) is 5.95 Å². The quantitative estimate of drug-likeness (QED) is 0.482. The van der Waals surface area contributed by atoms with Crippen LogP contribution in [-0.2, 0) is 9.59 Å². The van der Waals surface area contributed by atoms with Gasteiger partial charge in [0.15, 0.2) is 4.34 Å². The van der Waals surface area contributed by atoms with Gasteiger partial charge in [0.2, 0.25) is 18.3 Å². The highest BCUT2D eigenvalue weighted by atomic mass is 35.5. The summed E-state index contributed by atoms with van der Waals surface area (Å²) in [6.07, 6.45) is 0.750. The molecule has 7 nitrogen and oxygen atoms in total. The summed E-state index contributed by atoms with van der Waals surface area (Å²) in [6.45, 7) is 3.73. The van der Waals surface area contributed by atoms with Gasteiger partial charge in [-0.1, -0.05) is 23.4 Å². The Balaban J connectivity index is 0.000000500. The van der Waals surface area contributed by atoms with Crippen molar-refractivity contribution in [2.45, 2.75) is 18.2 Å². The zero-order chi connectivity index (χ0) is 20.7. The van der Waals surface area contributed by atoms with E-state index < -0.39 is 0 Å².